The molecule has 2 aromatic carbocycles. The van der Waals surface area contributed by atoms with E-state index in [0.29, 0.717) is 6.54 Å². The quantitative estimate of drug-likeness (QED) is 0.726. The van der Waals surface area contributed by atoms with Gasteiger partial charge in [0.05, 0.1) is 5.92 Å². The Hall–Kier alpha value is -2.17. The van der Waals surface area contributed by atoms with Crippen LogP contribution in [0.5, 0.6) is 0 Å². The average Bonchev–Trinajstić information content (AvgIpc) is 2.70. The van der Waals surface area contributed by atoms with Gasteiger partial charge in [0, 0.05) is 19.1 Å². The van der Waals surface area contributed by atoms with Crippen molar-refractivity contribution < 1.29 is 4.79 Å². The monoisotopic (exact) mass is 353 g/mol. The van der Waals surface area contributed by atoms with Gasteiger partial charge in [0.15, 0.2) is 0 Å². The van der Waals surface area contributed by atoms with E-state index in [2.05, 4.69) is 48.3 Å². The zero-order valence-electron chi connectivity index (χ0n) is 16.1. The molecule has 0 radical (unpaired) electrons. The topological polar surface area (TPSA) is 58.4 Å². The second-order valence-electron chi connectivity index (χ2n) is 6.72. The summed E-state index contributed by atoms with van der Waals surface area (Å²) in [6.07, 6.45) is 0. The molecule has 0 saturated heterocycles. The Kier molecular flexibility index (Phi) is 7.82. The third-order valence-corrected chi connectivity index (χ3v) is 4.93. The molecule has 0 heterocycles. The fraction of sp³-hybridized carbons (Fsp3) is 0.409. The minimum Gasteiger partial charge on any atom is -0.352 e. The van der Waals surface area contributed by atoms with Gasteiger partial charge in [-0.1, -0.05) is 75.4 Å². The summed E-state index contributed by atoms with van der Waals surface area (Å²) in [5, 5.41) is 3.00. The van der Waals surface area contributed by atoms with Gasteiger partial charge in [-0.25, -0.2) is 0 Å². The standard InChI is InChI=1S/C22H31N3O/c1-4-25(5-2)16-19-13-11-18(12-14-19)15-24-22(26)17(3)21(23)20-9-7-6-8-10-20/h6-14,17,21H,4-5,15-16,23H2,1-3H3,(H,24,26). The Morgan fingerprint density at radius 2 is 1.58 bits per heavy atom. The number of hydrogen-bond donors (Lipinski definition) is 2. The molecule has 4 nitrogen and oxygen atoms in total. The smallest absolute Gasteiger partial charge is 0.225 e. The van der Waals surface area contributed by atoms with Crippen molar-refractivity contribution in [3.8, 4) is 0 Å². The maximum Gasteiger partial charge on any atom is 0.225 e. The average molecular weight is 354 g/mol. The number of nitrogens with one attached hydrogen (secondary N) is 1. The molecule has 0 aliphatic rings. The van der Waals surface area contributed by atoms with Gasteiger partial charge >= 0.3 is 0 Å². The number of nitrogens with two attached hydrogens (primary N) is 1. The summed E-state index contributed by atoms with van der Waals surface area (Å²) in [5.41, 5.74) is 9.61. The number of benzene rings is 2. The number of nitrogens with zero attached hydrogens (tertiary/aromatic N) is 1. The maximum atomic E-state index is 12.4. The molecule has 0 aliphatic heterocycles. The second-order valence-corrected chi connectivity index (χ2v) is 6.72. The van der Waals surface area contributed by atoms with Crippen molar-refractivity contribution in [2.45, 2.75) is 39.9 Å². The molecule has 26 heavy (non-hydrogen) atoms. The lowest BCUT2D eigenvalue weighted by Crippen LogP contribution is -2.35. The first kappa shape index (κ1) is 20.1. The molecule has 0 aliphatic carbocycles. The first-order valence-electron chi connectivity index (χ1n) is 9.43. The fourth-order valence-electron chi connectivity index (χ4n) is 2.95. The van der Waals surface area contributed by atoms with Gasteiger partial charge in [0.1, 0.15) is 0 Å². The molecule has 0 fully saturated rings. The zero-order chi connectivity index (χ0) is 18.9. The third kappa shape index (κ3) is 5.68. The SMILES string of the molecule is CCN(CC)Cc1ccc(CNC(=O)C(C)C(N)c2ccccc2)cc1. The summed E-state index contributed by atoms with van der Waals surface area (Å²) < 4.78 is 0. The van der Waals surface area contributed by atoms with E-state index in [9.17, 15) is 4.79 Å². The summed E-state index contributed by atoms with van der Waals surface area (Å²) in [5.74, 6) is -0.298. The van der Waals surface area contributed by atoms with E-state index >= 15 is 0 Å². The van der Waals surface area contributed by atoms with Crippen LogP contribution < -0.4 is 11.1 Å². The van der Waals surface area contributed by atoms with E-state index in [0.717, 1.165) is 30.8 Å². The van der Waals surface area contributed by atoms with Crippen molar-refractivity contribution in [3.05, 3.63) is 71.3 Å². The lowest BCUT2D eigenvalue weighted by Gasteiger charge is -2.20. The third-order valence-electron chi connectivity index (χ3n) is 4.93. The highest BCUT2D eigenvalue weighted by Gasteiger charge is 2.21. The number of rotatable bonds is 9. The van der Waals surface area contributed by atoms with Gasteiger partial charge in [-0.2, -0.15) is 0 Å². The summed E-state index contributed by atoms with van der Waals surface area (Å²) >= 11 is 0. The van der Waals surface area contributed by atoms with Crippen molar-refractivity contribution in [1.82, 2.24) is 10.2 Å². The summed E-state index contributed by atoms with van der Waals surface area (Å²) in [6.45, 7) is 9.81. The number of carbonyl (C=O) groups is 1. The molecule has 0 spiro atoms. The number of hydrogen-bond acceptors (Lipinski definition) is 3. The van der Waals surface area contributed by atoms with Crippen LogP contribution in [0.25, 0.3) is 0 Å². The van der Waals surface area contributed by atoms with Crippen molar-refractivity contribution in [3.63, 3.8) is 0 Å². The Labute approximate surface area is 157 Å². The Morgan fingerprint density at radius 1 is 1.00 bits per heavy atom. The van der Waals surface area contributed by atoms with Gasteiger partial charge in [-0.3, -0.25) is 9.69 Å². The molecule has 1 amide bonds. The highest BCUT2D eigenvalue weighted by Crippen LogP contribution is 2.19. The number of amides is 1. The Balaban J connectivity index is 1.86. The highest BCUT2D eigenvalue weighted by atomic mass is 16.1. The molecule has 2 atom stereocenters. The zero-order valence-corrected chi connectivity index (χ0v) is 16.1. The van der Waals surface area contributed by atoms with Gasteiger partial charge in [-0.05, 0) is 29.8 Å². The maximum absolute atomic E-state index is 12.4. The lowest BCUT2D eigenvalue weighted by atomic mass is 9.94. The molecule has 2 aromatic rings. The van der Waals surface area contributed by atoms with E-state index in [1.54, 1.807) is 0 Å². The molecule has 0 saturated carbocycles. The largest absolute Gasteiger partial charge is 0.352 e. The van der Waals surface area contributed by atoms with Crippen LogP contribution in [0, 0.1) is 5.92 Å². The van der Waals surface area contributed by atoms with Crippen LogP contribution in [0.1, 0.15) is 43.5 Å². The minimum absolute atomic E-state index is 0.0198. The van der Waals surface area contributed by atoms with Crippen molar-refractivity contribution >= 4 is 5.91 Å². The van der Waals surface area contributed by atoms with Crippen LogP contribution in [-0.4, -0.2) is 23.9 Å². The van der Waals surface area contributed by atoms with Crippen LogP contribution in [0.3, 0.4) is 0 Å². The van der Waals surface area contributed by atoms with Crippen LogP contribution >= 0.6 is 0 Å². The molecule has 4 heteroatoms. The molecular formula is C22H31N3O. The summed E-state index contributed by atoms with van der Waals surface area (Å²) in [4.78, 5) is 14.8. The van der Waals surface area contributed by atoms with E-state index in [1.807, 2.05) is 37.3 Å². The molecule has 3 N–H and O–H groups in total. The van der Waals surface area contributed by atoms with Crippen LogP contribution in [0.2, 0.25) is 0 Å². The van der Waals surface area contributed by atoms with E-state index in [1.165, 1.54) is 5.56 Å². The Bertz CT molecular complexity index is 666. The minimum atomic E-state index is -0.298. The summed E-state index contributed by atoms with van der Waals surface area (Å²) in [6, 6.07) is 17.9. The molecule has 140 valence electrons. The van der Waals surface area contributed by atoms with E-state index in [-0.39, 0.29) is 17.9 Å². The highest BCUT2D eigenvalue weighted by molar-refractivity contribution is 5.79. The Morgan fingerprint density at radius 3 is 2.15 bits per heavy atom. The predicted octanol–water partition coefficient (Wildman–Crippen LogP) is 3.48. The molecule has 2 rings (SSSR count). The van der Waals surface area contributed by atoms with Crippen molar-refractivity contribution in [1.29, 1.82) is 0 Å². The normalized spacial score (nSPS) is 13.4. The van der Waals surface area contributed by atoms with Crippen LogP contribution in [0.4, 0.5) is 0 Å². The van der Waals surface area contributed by atoms with E-state index < -0.39 is 0 Å². The summed E-state index contributed by atoms with van der Waals surface area (Å²) in [7, 11) is 0. The molecule has 0 bridgehead atoms. The lowest BCUT2D eigenvalue weighted by molar-refractivity contribution is -0.125. The molecule has 2 unspecified atom stereocenters. The predicted molar refractivity (Wildman–Crippen MR) is 107 cm³/mol. The van der Waals surface area contributed by atoms with Gasteiger partial charge in [0.25, 0.3) is 0 Å². The first-order chi connectivity index (χ1) is 12.5. The van der Waals surface area contributed by atoms with Crippen LogP contribution in [-0.2, 0) is 17.9 Å². The van der Waals surface area contributed by atoms with Crippen molar-refractivity contribution in [2.75, 3.05) is 13.1 Å². The second kappa shape index (κ2) is 10.1. The first-order valence-corrected chi connectivity index (χ1v) is 9.43. The van der Waals surface area contributed by atoms with Crippen molar-refractivity contribution in [2.24, 2.45) is 11.7 Å². The van der Waals surface area contributed by atoms with Crippen LogP contribution in [0.15, 0.2) is 54.6 Å². The van der Waals surface area contributed by atoms with Gasteiger partial charge in [-0.15, -0.1) is 0 Å². The van der Waals surface area contributed by atoms with Gasteiger partial charge < -0.3 is 11.1 Å². The van der Waals surface area contributed by atoms with Gasteiger partial charge in [0.2, 0.25) is 5.91 Å². The molecular weight excluding hydrogens is 322 g/mol. The molecule has 0 aromatic heterocycles. The number of carbonyl (C=O) groups excluding carboxylic acids is 1. The van der Waals surface area contributed by atoms with E-state index in [4.69, 9.17) is 5.73 Å². The fourth-order valence-corrected chi connectivity index (χ4v) is 2.95.